The maximum Gasteiger partial charge on any atom is 0.407 e. The number of rotatable bonds is 5. The van der Waals surface area contributed by atoms with E-state index in [9.17, 15) is 4.79 Å². The maximum absolute atomic E-state index is 11.2. The Balaban J connectivity index is 2.16. The van der Waals surface area contributed by atoms with Crippen molar-refractivity contribution >= 4 is 6.09 Å². The monoisotopic (exact) mass is 223 g/mol. The molecule has 4 nitrogen and oxygen atoms in total. The van der Waals surface area contributed by atoms with Crippen molar-refractivity contribution in [2.75, 3.05) is 6.54 Å². The Hall–Kier alpha value is -1.55. The Kier molecular flexibility index (Phi) is 5.36. The van der Waals surface area contributed by atoms with Gasteiger partial charge in [0.2, 0.25) is 0 Å². The molecule has 0 unspecified atom stereocenters. The first-order chi connectivity index (χ1) is 7.68. The van der Waals surface area contributed by atoms with E-state index in [4.69, 9.17) is 9.84 Å². The molecule has 1 aromatic carbocycles. The molecule has 16 heavy (non-hydrogen) atoms. The highest BCUT2D eigenvalue weighted by molar-refractivity contribution is 5.67. The summed E-state index contributed by atoms with van der Waals surface area (Å²) >= 11 is 0. The SMILES string of the molecule is C[C@H](O)CCNC(=O)OCc1ccccc1. The molecule has 0 radical (unpaired) electrons. The molecule has 2 N–H and O–H groups in total. The smallest absolute Gasteiger partial charge is 0.407 e. The predicted octanol–water partition coefficient (Wildman–Crippen LogP) is 1.68. The van der Waals surface area contributed by atoms with Gasteiger partial charge in [-0.25, -0.2) is 4.79 Å². The number of hydrogen-bond acceptors (Lipinski definition) is 3. The van der Waals surface area contributed by atoms with Crippen molar-refractivity contribution in [3.05, 3.63) is 35.9 Å². The average molecular weight is 223 g/mol. The first-order valence-electron chi connectivity index (χ1n) is 5.31. The fourth-order valence-corrected chi connectivity index (χ4v) is 1.16. The van der Waals surface area contributed by atoms with Crippen molar-refractivity contribution in [2.45, 2.75) is 26.1 Å². The zero-order chi connectivity index (χ0) is 11.8. The van der Waals surface area contributed by atoms with Gasteiger partial charge in [-0.3, -0.25) is 0 Å². The number of benzene rings is 1. The van der Waals surface area contributed by atoms with E-state index < -0.39 is 12.2 Å². The first kappa shape index (κ1) is 12.5. The van der Waals surface area contributed by atoms with E-state index in [2.05, 4.69) is 5.32 Å². The van der Waals surface area contributed by atoms with Gasteiger partial charge >= 0.3 is 6.09 Å². The van der Waals surface area contributed by atoms with Gasteiger partial charge in [0.25, 0.3) is 0 Å². The largest absolute Gasteiger partial charge is 0.445 e. The third-order valence-electron chi connectivity index (χ3n) is 2.04. The Bertz CT molecular complexity index is 311. The van der Waals surface area contributed by atoms with Crippen molar-refractivity contribution in [3.63, 3.8) is 0 Å². The van der Waals surface area contributed by atoms with Gasteiger partial charge in [0, 0.05) is 6.54 Å². The lowest BCUT2D eigenvalue weighted by molar-refractivity contribution is 0.136. The van der Waals surface area contributed by atoms with Crippen LogP contribution >= 0.6 is 0 Å². The molecule has 0 aliphatic rings. The minimum atomic E-state index is -0.454. The molecule has 1 rings (SSSR count). The molecule has 0 aromatic heterocycles. The molecular weight excluding hydrogens is 206 g/mol. The van der Waals surface area contributed by atoms with Crippen molar-refractivity contribution < 1.29 is 14.6 Å². The van der Waals surface area contributed by atoms with E-state index in [0.717, 1.165) is 5.56 Å². The molecule has 0 heterocycles. The highest BCUT2D eigenvalue weighted by Gasteiger charge is 2.02. The van der Waals surface area contributed by atoms with Gasteiger partial charge in [-0.2, -0.15) is 0 Å². The summed E-state index contributed by atoms with van der Waals surface area (Å²) in [5, 5.41) is 11.5. The van der Waals surface area contributed by atoms with Crippen LogP contribution in [0.4, 0.5) is 4.79 Å². The van der Waals surface area contributed by atoms with Gasteiger partial charge in [0.1, 0.15) is 6.61 Å². The summed E-state index contributed by atoms with van der Waals surface area (Å²) in [6.07, 6.45) is -0.334. The summed E-state index contributed by atoms with van der Waals surface area (Å²) in [6, 6.07) is 9.48. The minimum Gasteiger partial charge on any atom is -0.445 e. The first-order valence-corrected chi connectivity index (χ1v) is 5.31. The van der Waals surface area contributed by atoms with E-state index in [-0.39, 0.29) is 6.61 Å². The fourth-order valence-electron chi connectivity index (χ4n) is 1.16. The van der Waals surface area contributed by atoms with Gasteiger partial charge in [-0.05, 0) is 18.9 Å². The van der Waals surface area contributed by atoms with Gasteiger partial charge in [-0.1, -0.05) is 30.3 Å². The molecule has 0 aliphatic carbocycles. The Morgan fingerprint density at radius 3 is 2.75 bits per heavy atom. The number of hydrogen-bond donors (Lipinski definition) is 2. The topological polar surface area (TPSA) is 58.6 Å². The highest BCUT2D eigenvalue weighted by Crippen LogP contribution is 2.00. The van der Waals surface area contributed by atoms with Crippen LogP contribution < -0.4 is 5.32 Å². The normalized spacial score (nSPS) is 11.9. The number of carbonyl (C=O) groups is 1. The van der Waals surface area contributed by atoms with Crippen LogP contribution in [0, 0.1) is 0 Å². The number of aliphatic hydroxyl groups excluding tert-OH is 1. The lowest BCUT2D eigenvalue weighted by atomic mass is 10.2. The van der Waals surface area contributed by atoms with Crippen LogP contribution in [-0.2, 0) is 11.3 Å². The van der Waals surface area contributed by atoms with Crippen LogP contribution in [0.3, 0.4) is 0 Å². The summed E-state index contributed by atoms with van der Waals surface area (Å²) in [4.78, 5) is 11.2. The summed E-state index contributed by atoms with van der Waals surface area (Å²) in [5.74, 6) is 0. The number of amides is 1. The van der Waals surface area contributed by atoms with Crippen LogP contribution in [0.2, 0.25) is 0 Å². The van der Waals surface area contributed by atoms with Crippen molar-refractivity contribution in [1.82, 2.24) is 5.32 Å². The molecule has 88 valence electrons. The number of aliphatic hydroxyl groups is 1. The molecule has 0 bridgehead atoms. The third-order valence-corrected chi connectivity index (χ3v) is 2.04. The van der Waals surface area contributed by atoms with E-state index in [1.54, 1.807) is 6.92 Å². The molecule has 0 fully saturated rings. The highest BCUT2D eigenvalue weighted by atomic mass is 16.5. The van der Waals surface area contributed by atoms with E-state index in [1.807, 2.05) is 30.3 Å². The Morgan fingerprint density at radius 1 is 1.44 bits per heavy atom. The average Bonchev–Trinajstić information content (AvgIpc) is 2.27. The van der Waals surface area contributed by atoms with Crippen LogP contribution in [0.25, 0.3) is 0 Å². The molecule has 0 aliphatic heterocycles. The molecule has 1 atom stereocenters. The summed E-state index contributed by atoms with van der Waals surface area (Å²) < 4.78 is 4.98. The second-order valence-electron chi connectivity index (χ2n) is 3.63. The van der Waals surface area contributed by atoms with Crippen molar-refractivity contribution in [2.24, 2.45) is 0 Å². The summed E-state index contributed by atoms with van der Waals surface area (Å²) in [6.45, 7) is 2.36. The minimum absolute atomic E-state index is 0.265. The molecule has 1 amide bonds. The van der Waals surface area contributed by atoms with Gasteiger partial charge < -0.3 is 15.2 Å². The van der Waals surface area contributed by atoms with Gasteiger partial charge in [0.15, 0.2) is 0 Å². The third kappa shape index (κ3) is 5.36. The number of nitrogens with one attached hydrogen (secondary N) is 1. The Labute approximate surface area is 95.2 Å². The lowest BCUT2D eigenvalue weighted by Crippen LogP contribution is -2.27. The molecule has 0 saturated carbocycles. The molecule has 0 saturated heterocycles. The molecular formula is C12H17NO3. The number of alkyl carbamates (subject to hydrolysis) is 1. The zero-order valence-electron chi connectivity index (χ0n) is 9.35. The molecule has 1 aromatic rings. The van der Waals surface area contributed by atoms with Crippen LogP contribution in [0.15, 0.2) is 30.3 Å². The van der Waals surface area contributed by atoms with Crippen LogP contribution in [-0.4, -0.2) is 23.8 Å². The fraction of sp³-hybridized carbons (Fsp3) is 0.417. The number of carbonyl (C=O) groups excluding carboxylic acids is 1. The quantitative estimate of drug-likeness (QED) is 0.798. The van der Waals surface area contributed by atoms with Crippen LogP contribution in [0.1, 0.15) is 18.9 Å². The standard InChI is InChI=1S/C12H17NO3/c1-10(14)7-8-13-12(15)16-9-11-5-3-2-4-6-11/h2-6,10,14H,7-9H2,1H3,(H,13,15)/t10-/m0/s1. The zero-order valence-corrected chi connectivity index (χ0v) is 9.35. The predicted molar refractivity (Wildman–Crippen MR) is 60.9 cm³/mol. The van der Waals surface area contributed by atoms with Crippen molar-refractivity contribution in [3.8, 4) is 0 Å². The van der Waals surface area contributed by atoms with Gasteiger partial charge in [-0.15, -0.1) is 0 Å². The molecule has 4 heteroatoms. The second kappa shape index (κ2) is 6.85. The summed E-state index contributed by atoms with van der Waals surface area (Å²) in [5.41, 5.74) is 0.952. The second-order valence-corrected chi connectivity index (χ2v) is 3.63. The van der Waals surface area contributed by atoms with E-state index in [1.165, 1.54) is 0 Å². The van der Waals surface area contributed by atoms with Crippen LogP contribution in [0.5, 0.6) is 0 Å². The van der Waals surface area contributed by atoms with Crippen molar-refractivity contribution in [1.29, 1.82) is 0 Å². The van der Waals surface area contributed by atoms with E-state index in [0.29, 0.717) is 13.0 Å². The lowest BCUT2D eigenvalue weighted by Gasteiger charge is -2.07. The van der Waals surface area contributed by atoms with E-state index >= 15 is 0 Å². The maximum atomic E-state index is 11.2. The molecule has 0 spiro atoms. The summed E-state index contributed by atoms with van der Waals surface area (Å²) in [7, 11) is 0. The number of ether oxygens (including phenoxy) is 1. The van der Waals surface area contributed by atoms with Gasteiger partial charge in [0.05, 0.1) is 6.10 Å². The Morgan fingerprint density at radius 2 is 2.12 bits per heavy atom.